The summed E-state index contributed by atoms with van der Waals surface area (Å²) in [6.45, 7) is 0. The van der Waals surface area contributed by atoms with Crippen molar-refractivity contribution >= 4 is 35.2 Å². The van der Waals surface area contributed by atoms with E-state index in [0.717, 1.165) is 4.90 Å². The van der Waals surface area contributed by atoms with Crippen molar-refractivity contribution in [3.8, 4) is 5.75 Å². The van der Waals surface area contributed by atoms with E-state index in [0.29, 0.717) is 5.75 Å². The lowest BCUT2D eigenvalue weighted by atomic mass is 10.1. The Balaban J connectivity index is 2.54. The number of thioether (sulfide) groups is 1. The Morgan fingerprint density at radius 2 is 1.95 bits per heavy atom. The van der Waals surface area contributed by atoms with Crippen LogP contribution in [0.2, 0.25) is 0 Å². The van der Waals surface area contributed by atoms with Gasteiger partial charge in [-0.1, -0.05) is 0 Å². The van der Waals surface area contributed by atoms with Crippen LogP contribution in [0.4, 0.5) is 5.69 Å². The van der Waals surface area contributed by atoms with Gasteiger partial charge in [0.2, 0.25) is 11.8 Å². The van der Waals surface area contributed by atoms with E-state index in [9.17, 15) is 14.4 Å². The Morgan fingerprint density at radius 3 is 2.47 bits per heavy atom. The van der Waals surface area contributed by atoms with Crippen molar-refractivity contribution in [2.75, 3.05) is 23.5 Å². The van der Waals surface area contributed by atoms with E-state index in [-0.39, 0.29) is 22.8 Å². The molecule has 0 aromatic heterocycles. The van der Waals surface area contributed by atoms with Crippen LogP contribution in [-0.4, -0.2) is 41.5 Å². The largest absolute Gasteiger partial charge is 0.497 e. The third-order valence-electron chi connectivity index (χ3n) is 2.63. The van der Waals surface area contributed by atoms with Gasteiger partial charge in [0.05, 0.1) is 29.9 Å². The summed E-state index contributed by atoms with van der Waals surface area (Å²) in [5.74, 6) is -1.34. The summed E-state index contributed by atoms with van der Waals surface area (Å²) in [6.07, 6.45) is 0. The molecular weight excluding hydrogens is 270 g/mol. The maximum atomic E-state index is 11.8. The van der Waals surface area contributed by atoms with Gasteiger partial charge in [0.25, 0.3) is 0 Å². The highest BCUT2D eigenvalue weighted by molar-refractivity contribution is 8.00. The van der Waals surface area contributed by atoms with E-state index in [4.69, 9.17) is 9.84 Å². The number of amides is 2. The average molecular weight is 281 g/mol. The molecule has 0 aliphatic carbocycles. The van der Waals surface area contributed by atoms with Crippen LogP contribution in [0.1, 0.15) is 10.4 Å². The number of imide groups is 1. The molecule has 1 saturated heterocycles. The van der Waals surface area contributed by atoms with E-state index in [2.05, 4.69) is 0 Å². The molecule has 100 valence electrons. The molecule has 0 radical (unpaired) electrons. The number of carboxylic acid groups (broad SMARTS) is 1. The number of anilines is 1. The number of benzene rings is 1. The number of aromatic carboxylic acids is 1. The molecule has 2 rings (SSSR count). The predicted octanol–water partition coefficient (Wildman–Crippen LogP) is 1.000. The zero-order valence-corrected chi connectivity index (χ0v) is 10.9. The molecule has 0 atom stereocenters. The summed E-state index contributed by atoms with van der Waals surface area (Å²) in [5.41, 5.74) is -0.0449. The topological polar surface area (TPSA) is 83.9 Å². The number of carbonyl (C=O) groups is 3. The van der Waals surface area contributed by atoms with Crippen LogP contribution < -0.4 is 9.64 Å². The molecule has 7 heteroatoms. The first-order chi connectivity index (χ1) is 9.04. The first-order valence-electron chi connectivity index (χ1n) is 5.39. The van der Waals surface area contributed by atoms with Crippen LogP contribution >= 0.6 is 11.8 Å². The van der Waals surface area contributed by atoms with Crippen molar-refractivity contribution in [2.45, 2.75) is 0 Å². The van der Waals surface area contributed by atoms with Crippen molar-refractivity contribution in [2.24, 2.45) is 0 Å². The Kier molecular flexibility index (Phi) is 3.75. The minimum atomic E-state index is -1.20. The summed E-state index contributed by atoms with van der Waals surface area (Å²) in [7, 11) is 1.43. The standard InChI is InChI=1S/C12H11NO5S/c1-18-7-2-3-8(12(16)17)9(4-7)13-10(14)5-19-6-11(13)15/h2-4H,5-6H2,1H3,(H,16,17). The summed E-state index contributed by atoms with van der Waals surface area (Å²) < 4.78 is 5.00. The second-order valence-corrected chi connectivity index (χ2v) is 4.79. The maximum absolute atomic E-state index is 11.8. The number of ether oxygens (including phenoxy) is 1. The molecule has 1 heterocycles. The summed E-state index contributed by atoms with van der Waals surface area (Å²) in [6, 6.07) is 4.18. The van der Waals surface area contributed by atoms with E-state index in [1.807, 2.05) is 0 Å². The summed E-state index contributed by atoms with van der Waals surface area (Å²) >= 11 is 1.21. The molecule has 1 aromatic carbocycles. The van der Waals surface area contributed by atoms with E-state index >= 15 is 0 Å². The zero-order valence-electron chi connectivity index (χ0n) is 10.1. The maximum Gasteiger partial charge on any atom is 0.337 e. The zero-order chi connectivity index (χ0) is 14.0. The molecular formula is C12H11NO5S. The lowest BCUT2D eigenvalue weighted by Crippen LogP contribution is -2.43. The molecule has 1 aliphatic rings. The number of carbonyl (C=O) groups excluding carboxylic acids is 2. The van der Waals surface area contributed by atoms with Gasteiger partial charge in [-0.05, 0) is 12.1 Å². The van der Waals surface area contributed by atoms with E-state index < -0.39 is 17.8 Å². The van der Waals surface area contributed by atoms with Crippen molar-refractivity contribution in [1.82, 2.24) is 0 Å². The number of nitrogens with zero attached hydrogens (tertiary/aromatic N) is 1. The molecule has 1 N–H and O–H groups in total. The van der Waals surface area contributed by atoms with Gasteiger partial charge in [-0.2, -0.15) is 0 Å². The van der Waals surface area contributed by atoms with Crippen LogP contribution in [0.5, 0.6) is 5.75 Å². The lowest BCUT2D eigenvalue weighted by Gasteiger charge is -2.26. The van der Waals surface area contributed by atoms with Crippen molar-refractivity contribution in [3.05, 3.63) is 23.8 Å². The highest BCUT2D eigenvalue weighted by Gasteiger charge is 2.31. The normalized spacial score (nSPS) is 15.5. The number of rotatable bonds is 3. The quantitative estimate of drug-likeness (QED) is 0.832. The SMILES string of the molecule is COc1ccc(C(=O)O)c(N2C(=O)CSCC2=O)c1. The Labute approximate surface area is 113 Å². The Bertz CT molecular complexity index is 541. The predicted molar refractivity (Wildman–Crippen MR) is 69.8 cm³/mol. The molecule has 19 heavy (non-hydrogen) atoms. The van der Waals surface area contributed by atoms with Crippen molar-refractivity contribution in [3.63, 3.8) is 0 Å². The average Bonchev–Trinajstić information content (AvgIpc) is 2.38. The highest BCUT2D eigenvalue weighted by Crippen LogP contribution is 2.29. The van der Waals surface area contributed by atoms with Crippen LogP contribution in [0.15, 0.2) is 18.2 Å². The number of hydrogen-bond acceptors (Lipinski definition) is 5. The third-order valence-corrected chi connectivity index (χ3v) is 3.53. The fourth-order valence-corrected chi connectivity index (χ4v) is 2.48. The lowest BCUT2D eigenvalue weighted by molar-refractivity contribution is -0.124. The van der Waals surface area contributed by atoms with Gasteiger partial charge in [-0.15, -0.1) is 11.8 Å². The minimum Gasteiger partial charge on any atom is -0.497 e. The first-order valence-corrected chi connectivity index (χ1v) is 6.55. The van der Waals surface area contributed by atoms with Gasteiger partial charge in [0.15, 0.2) is 0 Å². The second-order valence-electron chi connectivity index (χ2n) is 3.80. The van der Waals surface area contributed by atoms with Gasteiger partial charge in [0.1, 0.15) is 5.75 Å². The molecule has 0 saturated carbocycles. The fourth-order valence-electron chi connectivity index (χ4n) is 1.77. The Morgan fingerprint density at radius 1 is 1.32 bits per heavy atom. The molecule has 0 spiro atoms. The van der Waals surface area contributed by atoms with Gasteiger partial charge in [0, 0.05) is 6.07 Å². The monoisotopic (exact) mass is 281 g/mol. The molecule has 1 aliphatic heterocycles. The number of carboxylic acids is 1. The van der Waals surface area contributed by atoms with E-state index in [1.165, 1.54) is 37.1 Å². The third kappa shape index (κ3) is 2.55. The smallest absolute Gasteiger partial charge is 0.337 e. The van der Waals surface area contributed by atoms with Crippen molar-refractivity contribution in [1.29, 1.82) is 0 Å². The van der Waals surface area contributed by atoms with Gasteiger partial charge >= 0.3 is 5.97 Å². The van der Waals surface area contributed by atoms with Crippen LogP contribution in [-0.2, 0) is 9.59 Å². The number of methoxy groups -OCH3 is 1. The molecule has 0 bridgehead atoms. The van der Waals surface area contributed by atoms with Gasteiger partial charge < -0.3 is 9.84 Å². The Hall–Kier alpha value is -2.02. The van der Waals surface area contributed by atoms with Crippen LogP contribution in [0, 0.1) is 0 Å². The molecule has 6 nitrogen and oxygen atoms in total. The highest BCUT2D eigenvalue weighted by atomic mass is 32.2. The number of hydrogen-bond donors (Lipinski definition) is 1. The summed E-state index contributed by atoms with van der Waals surface area (Å²) in [4.78, 5) is 35.8. The van der Waals surface area contributed by atoms with Crippen LogP contribution in [0.25, 0.3) is 0 Å². The molecule has 1 aromatic rings. The minimum absolute atomic E-state index is 0.0575. The fraction of sp³-hybridized carbons (Fsp3) is 0.250. The first kappa shape index (κ1) is 13.4. The summed E-state index contributed by atoms with van der Waals surface area (Å²) in [5, 5.41) is 9.14. The second kappa shape index (κ2) is 5.31. The van der Waals surface area contributed by atoms with Crippen LogP contribution in [0.3, 0.4) is 0 Å². The van der Waals surface area contributed by atoms with E-state index in [1.54, 1.807) is 0 Å². The van der Waals surface area contributed by atoms with Gasteiger partial charge in [-0.25, -0.2) is 9.69 Å². The molecule has 1 fully saturated rings. The van der Waals surface area contributed by atoms with Crippen molar-refractivity contribution < 1.29 is 24.2 Å². The molecule has 2 amide bonds. The molecule has 0 unspecified atom stereocenters. The van der Waals surface area contributed by atoms with Gasteiger partial charge in [-0.3, -0.25) is 9.59 Å².